The average molecular weight is 413 g/mol. The number of benzene rings is 1. The molecule has 0 spiro atoms. The summed E-state index contributed by atoms with van der Waals surface area (Å²) < 4.78 is 30.4. The summed E-state index contributed by atoms with van der Waals surface area (Å²) in [7, 11) is -3.47. The fourth-order valence-corrected chi connectivity index (χ4v) is 6.39. The molecule has 142 valence electrons. The predicted molar refractivity (Wildman–Crippen MR) is 107 cm³/mol. The molecule has 2 aromatic rings. The van der Waals surface area contributed by atoms with E-state index in [0.717, 1.165) is 25.7 Å². The first-order valence-electron chi connectivity index (χ1n) is 8.53. The summed E-state index contributed by atoms with van der Waals surface area (Å²) in [4.78, 5) is 2.64. The van der Waals surface area contributed by atoms with Gasteiger partial charge in [0.05, 0.1) is 11.6 Å². The van der Waals surface area contributed by atoms with Crippen molar-refractivity contribution in [3.63, 3.8) is 0 Å². The maximum atomic E-state index is 13.1. The number of rotatable bonds is 4. The maximum absolute atomic E-state index is 13.1. The Morgan fingerprint density at radius 1 is 1.08 bits per heavy atom. The largest absolute Gasteiger partial charge is 0.282 e. The molecule has 6 nitrogen and oxygen atoms in total. The number of sulfonamides is 1. The molecule has 3 rings (SSSR count). The Balaban J connectivity index is 1.73. The van der Waals surface area contributed by atoms with Gasteiger partial charge in [-0.15, -0.1) is 0 Å². The van der Waals surface area contributed by atoms with Gasteiger partial charge in [0, 0.05) is 26.2 Å². The van der Waals surface area contributed by atoms with E-state index >= 15 is 0 Å². The summed E-state index contributed by atoms with van der Waals surface area (Å²) in [6.07, 6.45) is 0. The van der Waals surface area contributed by atoms with Gasteiger partial charge in [0.2, 0.25) is 10.0 Å². The van der Waals surface area contributed by atoms with E-state index < -0.39 is 10.0 Å². The van der Waals surface area contributed by atoms with Gasteiger partial charge in [-0.25, -0.2) is 13.1 Å². The van der Waals surface area contributed by atoms with Crippen molar-refractivity contribution >= 4 is 33.6 Å². The predicted octanol–water partition coefficient (Wildman–Crippen LogP) is 2.87. The molecule has 0 saturated carbocycles. The van der Waals surface area contributed by atoms with Gasteiger partial charge in [-0.1, -0.05) is 29.0 Å². The normalized spacial score (nSPS) is 16.9. The molecule has 2 heterocycles. The molecule has 1 aromatic carbocycles. The molecule has 1 fully saturated rings. The van der Waals surface area contributed by atoms with Crippen molar-refractivity contribution in [2.24, 2.45) is 0 Å². The Morgan fingerprint density at radius 2 is 1.65 bits per heavy atom. The van der Waals surface area contributed by atoms with Crippen LogP contribution in [-0.2, 0) is 16.7 Å². The van der Waals surface area contributed by atoms with Gasteiger partial charge in [0.25, 0.3) is 0 Å². The second-order valence-electron chi connectivity index (χ2n) is 6.78. The van der Waals surface area contributed by atoms with Gasteiger partial charge in [-0.3, -0.25) is 4.90 Å². The van der Waals surface area contributed by atoms with Gasteiger partial charge in [0.1, 0.15) is 5.01 Å². The zero-order chi connectivity index (χ0) is 19.1. The molecule has 0 atom stereocenters. The molecule has 0 aliphatic carbocycles. The minimum Gasteiger partial charge on any atom is -0.282 e. The highest BCUT2D eigenvalue weighted by Crippen LogP contribution is 2.26. The third-order valence-electron chi connectivity index (χ3n) is 4.58. The van der Waals surface area contributed by atoms with E-state index in [0.29, 0.717) is 37.7 Å². The Bertz CT molecular complexity index is 947. The van der Waals surface area contributed by atoms with Crippen LogP contribution in [0.1, 0.15) is 21.7 Å². The van der Waals surface area contributed by atoms with Crippen LogP contribution in [-0.4, -0.2) is 53.6 Å². The second-order valence-corrected chi connectivity index (χ2v) is 10.5. The van der Waals surface area contributed by atoms with Gasteiger partial charge in [-0.2, -0.15) is 9.40 Å². The van der Waals surface area contributed by atoms with Gasteiger partial charge < -0.3 is 0 Å². The van der Waals surface area contributed by atoms with Crippen LogP contribution < -0.4 is 0 Å². The third kappa shape index (κ3) is 3.91. The SMILES string of the molecule is Cc1cc(C)c(S(=O)(=O)N2CCN(Cn3nc(C)sc3=S)CC2)c(C)c1. The van der Waals surface area contributed by atoms with E-state index in [9.17, 15) is 8.42 Å². The van der Waals surface area contributed by atoms with Gasteiger partial charge in [0.15, 0.2) is 3.95 Å². The molecule has 0 radical (unpaired) electrons. The van der Waals surface area contributed by atoms with Crippen LogP contribution in [0.4, 0.5) is 0 Å². The molecular formula is C17H24N4O2S3. The van der Waals surface area contributed by atoms with Crippen LogP contribution in [0.15, 0.2) is 17.0 Å². The lowest BCUT2D eigenvalue weighted by Crippen LogP contribution is -2.49. The smallest absolute Gasteiger partial charge is 0.243 e. The quantitative estimate of drug-likeness (QED) is 0.723. The van der Waals surface area contributed by atoms with E-state index in [1.165, 1.54) is 11.3 Å². The molecule has 9 heteroatoms. The first kappa shape index (κ1) is 19.6. The van der Waals surface area contributed by atoms with Crippen molar-refractivity contribution in [2.45, 2.75) is 39.3 Å². The van der Waals surface area contributed by atoms with Crippen molar-refractivity contribution in [1.82, 2.24) is 19.0 Å². The third-order valence-corrected chi connectivity index (χ3v) is 8.00. The lowest BCUT2D eigenvalue weighted by molar-refractivity contribution is 0.145. The van der Waals surface area contributed by atoms with E-state index in [1.54, 1.807) is 4.31 Å². The molecule has 0 bridgehead atoms. The van der Waals surface area contributed by atoms with Crippen LogP contribution in [0.25, 0.3) is 0 Å². The van der Waals surface area contributed by atoms with E-state index in [1.807, 2.05) is 44.5 Å². The number of hydrogen-bond donors (Lipinski definition) is 0. The monoisotopic (exact) mass is 412 g/mol. The maximum Gasteiger partial charge on any atom is 0.243 e. The molecule has 26 heavy (non-hydrogen) atoms. The number of nitrogens with zero attached hydrogens (tertiary/aromatic N) is 4. The number of piperazine rings is 1. The van der Waals surface area contributed by atoms with Crippen molar-refractivity contribution in [3.8, 4) is 0 Å². The topological polar surface area (TPSA) is 58.4 Å². The van der Waals surface area contributed by atoms with Crippen LogP contribution in [0.3, 0.4) is 0 Å². The molecule has 0 amide bonds. The van der Waals surface area contributed by atoms with Crippen molar-refractivity contribution in [1.29, 1.82) is 0 Å². The number of aryl methyl sites for hydroxylation is 4. The van der Waals surface area contributed by atoms with Crippen LogP contribution in [0.2, 0.25) is 0 Å². The highest BCUT2D eigenvalue weighted by Gasteiger charge is 2.31. The standard InChI is InChI=1S/C17H24N4O2S3/c1-12-9-13(2)16(14(3)10-12)26(22,23)20-7-5-19(6-8-20)11-21-17(24)25-15(4)18-21/h9-10H,5-8,11H2,1-4H3. The Hall–Kier alpha value is -1.13. The van der Waals surface area contributed by atoms with E-state index in [-0.39, 0.29) is 0 Å². The zero-order valence-electron chi connectivity index (χ0n) is 15.5. The number of hydrogen-bond acceptors (Lipinski definition) is 6. The summed E-state index contributed by atoms with van der Waals surface area (Å²) in [5, 5.41) is 5.35. The lowest BCUT2D eigenvalue weighted by Gasteiger charge is -2.34. The lowest BCUT2D eigenvalue weighted by atomic mass is 10.1. The van der Waals surface area contributed by atoms with Crippen molar-refractivity contribution in [3.05, 3.63) is 37.8 Å². The first-order chi connectivity index (χ1) is 12.2. The Morgan fingerprint density at radius 3 is 2.15 bits per heavy atom. The van der Waals surface area contributed by atoms with Crippen LogP contribution in [0.5, 0.6) is 0 Å². The van der Waals surface area contributed by atoms with Crippen LogP contribution in [0, 0.1) is 31.6 Å². The second kappa shape index (κ2) is 7.47. The summed E-state index contributed by atoms with van der Waals surface area (Å²) in [6, 6.07) is 3.87. The summed E-state index contributed by atoms with van der Waals surface area (Å²) in [5.74, 6) is 0. The van der Waals surface area contributed by atoms with Crippen LogP contribution >= 0.6 is 23.6 Å². The van der Waals surface area contributed by atoms with Crippen molar-refractivity contribution < 1.29 is 8.42 Å². The number of aromatic nitrogens is 2. The fourth-order valence-electron chi connectivity index (χ4n) is 3.50. The van der Waals surface area contributed by atoms with Gasteiger partial charge >= 0.3 is 0 Å². The average Bonchev–Trinajstić information content (AvgIpc) is 2.84. The summed E-state index contributed by atoms with van der Waals surface area (Å²) in [6.45, 7) is 10.6. The molecule has 0 unspecified atom stereocenters. The minimum absolute atomic E-state index is 0.453. The molecule has 0 N–H and O–H groups in total. The highest BCUT2D eigenvalue weighted by molar-refractivity contribution is 7.89. The highest BCUT2D eigenvalue weighted by atomic mass is 32.2. The summed E-state index contributed by atoms with van der Waals surface area (Å²) in [5.41, 5.74) is 2.71. The summed E-state index contributed by atoms with van der Waals surface area (Å²) >= 11 is 6.81. The van der Waals surface area contributed by atoms with Gasteiger partial charge in [-0.05, 0) is 51.0 Å². The molecular weight excluding hydrogens is 388 g/mol. The molecule has 1 aliphatic rings. The molecule has 1 saturated heterocycles. The fraction of sp³-hybridized carbons (Fsp3) is 0.529. The molecule has 1 aromatic heterocycles. The molecule has 1 aliphatic heterocycles. The Labute approximate surface area is 164 Å². The Kier molecular flexibility index (Phi) is 5.64. The van der Waals surface area contributed by atoms with E-state index in [4.69, 9.17) is 12.2 Å². The zero-order valence-corrected chi connectivity index (χ0v) is 18.0. The van der Waals surface area contributed by atoms with Crippen molar-refractivity contribution in [2.75, 3.05) is 26.2 Å². The van der Waals surface area contributed by atoms with E-state index in [2.05, 4.69) is 10.00 Å². The first-order valence-corrected chi connectivity index (χ1v) is 11.2. The minimum atomic E-state index is -3.47.